The molecule has 0 aromatic heterocycles. The van der Waals surface area contributed by atoms with Crippen molar-refractivity contribution in [2.75, 3.05) is 31.6 Å². The molecule has 2 rings (SSSR count). The summed E-state index contributed by atoms with van der Waals surface area (Å²) in [6, 6.07) is 4.16. The zero-order valence-electron chi connectivity index (χ0n) is 14.2. The van der Waals surface area contributed by atoms with Crippen LogP contribution in [0.25, 0.3) is 0 Å². The third-order valence-electron chi connectivity index (χ3n) is 4.08. The number of carbonyl (C=O) groups is 2. The molecule has 2 N–H and O–H groups in total. The fourth-order valence-corrected chi connectivity index (χ4v) is 3.15. The highest BCUT2D eigenvalue weighted by Crippen LogP contribution is 2.31. The minimum absolute atomic E-state index is 0. The number of benzene rings is 1. The quantitative estimate of drug-likeness (QED) is 0.803. The molecule has 1 unspecified atom stereocenters. The number of halogens is 1. The van der Waals surface area contributed by atoms with Crippen molar-refractivity contribution < 1.29 is 9.59 Å². The standard InChI is InChI=1S/C17H25N3O2.ClH/c1-11-7-12(2)16(13(3)8-11)20-10-14(9-15(20)21)17(22)19-6-5-18-4;/h7-8,14,18H,5-6,9-10H2,1-4H3,(H,19,22);1H. The van der Waals surface area contributed by atoms with Crippen LogP contribution < -0.4 is 15.5 Å². The van der Waals surface area contributed by atoms with Gasteiger partial charge in [-0.05, 0) is 38.9 Å². The molecule has 1 aliphatic rings. The Labute approximate surface area is 144 Å². The van der Waals surface area contributed by atoms with Gasteiger partial charge in [0.05, 0.1) is 5.92 Å². The average molecular weight is 340 g/mol. The first-order valence-electron chi connectivity index (χ1n) is 7.74. The highest BCUT2D eigenvalue weighted by Gasteiger charge is 2.36. The van der Waals surface area contributed by atoms with Gasteiger partial charge in [0.15, 0.2) is 0 Å². The van der Waals surface area contributed by atoms with Crippen molar-refractivity contribution in [3.05, 3.63) is 28.8 Å². The lowest BCUT2D eigenvalue weighted by molar-refractivity contribution is -0.126. The molecule has 1 heterocycles. The Morgan fingerprint density at radius 1 is 1.22 bits per heavy atom. The van der Waals surface area contributed by atoms with Crippen LogP contribution >= 0.6 is 12.4 Å². The maximum atomic E-state index is 12.3. The Kier molecular flexibility index (Phi) is 7.03. The predicted molar refractivity (Wildman–Crippen MR) is 95.3 cm³/mol. The van der Waals surface area contributed by atoms with E-state index < -0.39 is 0 Å². The van der Waals surface area contributed by atoms with Crippen molar-refractivity contribution in [2.24, 2.45) is 5.92 Å². The number of aryl methyl sites for hydroxylation is 3. The molecule has 1 aliphatic heterocycles. The molecule has 1 fully saturated rings. The van der Waals surface area contributed by atoms with Gasteiger partial charge in [0.2, 0.25) is 11.8 Å². The molecular formula is C17H26ClN3O2. The van der Waals surface area contributed by atoms with Crippen molar-refractivity contribution in [1.82, 2.24) is 10.6 Å². The second kappa shape index (κ2) is 8.31. The van der Waals surface area contributed by atoms with Crippen LogP contribution in [-0.4, -0.2) is 38.5 Å². The highest BCUT2D eigenvalue weighted by atomic mass is 35.5. The van der Waals surface area contributed by atoms with Gasteiger partial charge in [0, 0.05) is 31.7 Å². The highest BCUT2D eigenvalue weighted by molar-refractivity contribution is 6.01. The molecular weight excluding hydrogens is 314 g/mol. The normalized spacial score (nSPS) is 17.1. The Morgan fingerprint density at radius 2 is 1.83 bits per heavy atom. The first kappa shape index (κ1) is 19.5. The van der Waals surface area contributed by atoms with Crippen LogP contribution in [-0.2, 0) is 9.59 Å². The number of rotatable bonds is 5. The number of amides is 2. The molecule has 6 heteroatoms. The SMILES string of the molecule is CNCCNC(=O)C1CC(=O)N(c2c(C)cc(C)cc2C)C1.Cl. The van der Waals surface area contributed by atoms with E-state index in [4.69, 9.17) is 0 Å². The molecule has 1 aromatic rings. The summed E-state index contributed by atoms with van der Waals surface area (Å²) in [5, 5.41) is 5.86. The Balaban J connectivity index is 0.00000264. The van der Waals surface area contributed by atoms with E-state index in [1.165, 1.54) is 5.56 Å². The molecule has 0 radical (unpaired) electrons. The number of carbonyl (C=O) groups excluding carboxylic acids is 2. The number of hydrogen-bond acceptors (Lipinski definition) is 3. The minimum Gasteiger partial charge on any atom is -0.355 e. The third kappa shape index (κ3) is 4.45. The zero-order valence-corrected chi connectivity index (χ0v) is 15.0. The van der Waals surface area contributed by atoms with E-state index >= 15 is 0 Å². The summed E-state index contributed by atoms with van der Waals surface area (Å²) in [7, 11) is 1.84. The second-order valence-corrected chi connectivity index (χ2v) is 6.05. The zero-order chi connectivity index (χ0) is 16.3. The Hall–Kier alpha value is -1.59. The Bertz CT molecular complexity index is 566. The van der Waals surface area contributed by atoms with E-state index in [0.29, 0.717) is 13.1 Å². The third-order valence-corrected chi connectivity index (χ3v) is 4.08. The van der Waals surface area contributed by atoms with Gasteiger partial charge in [0.1, 0.15) is 0 Å². The van der Waals surface area contributed by atoms with Crippen LogP contribution in [0.2, 0.25) is 0 Å². The topological polar surface area (TPSA) is 61.4 Å². The van der Waals surface area contributed by atoms with Gasteiger partial charge >= 0.3 is 0 Å². The summed E-state index contributed by atoms with van der Waals surface area (Å²) in [6.45, 7) is 7.86. The van der Waals surface area contributed by atoms with Gasteiger partial charge in [-0.2, -0.15) is 0 Å². The largest absolute Gasteiger partial charge is 0.355 e. The molecule has 0 bridgehead atoms. The van der Waals surface area contributed by atoms with Crippen LogP contribution in [0, 0.1) is 26.7 Å². The Morgan fingerprint density at radius 3 is 2.39 bits per heavy atom. The van der Waals surface area contributed by atoms with Gasteiger partial charge < -0.3 is 15.5 Å². The summed E-state index contributed by atoms with van der Waals surface area (Å²) < 4.78 is 0. The van der Waals surface area contributed by atoms with Crippen LogP contribution in [0.5, 0.6) is 0 Å². The maximum Gasteiger partial charge on any atom is 0.227 e. The van der Waals surface area contributed by atoms with Crippen LogP contribution in [0.4, 0.5) is 5.69 Å². The maximum absolute atomic E-state index is 12.3. The van der Waals surface area contributed by atoms with Gasteiger partial charge in [-0.15, -0.1) is 12.4 Å². The molecule has 2 amide bonds. The van der Waals surface area contributed by atoms with Gasteiger partial charge in [-0.3, -0.25) is 9.59 Å². The number of anilines is 1. The van der Waals surface area contributed by atoms with Crippen molar-refractivity contribution in [3.63, 3.8) is 0 Å². The lowest BCUT2D eigenvalue weighted by atomic mass is 10.0. The van der Waals surface area contributed by atoms with E-state index in [1.54, 1.807) is 4.90 Å². The summed E-state index contributed by atoms with van der Waals surface area (Å²) in [4.78, 5) is 26.3. The molecule has 1 aromatic carbocycles. The summed E-state index contributed by atoms with van der Waals surface area (Å²) in [5.74, 6) is -0.262. The fraction of sp³-hybridized carbons (Fsp3) is 0.529. The van der Waals surface area contributed by atoms with Crippen molar-refractivity contribution >= 4 is 29.9 Å². The van der Waals surface area contributed by atoms with Gasteiger partial charge in [-0.1, -0.05) is 17.7 Å². The summed E-state index contributed by atoms with van der Waals surface area (Å²) in [6.07, 6.45) is 0.290. The van der Waals surface area contributed by atoms with E-state index in [-0.39, 0.29) is 36.6 Å². The smallest absolute Gasteiger partial charge is 0.227 e. The molecule has 5 nitrogen and oxygen atoms in total. The number of nitrogens with one attached hydrogen (secondary N) is 2. The molecule has 0 saturated carbocycles. The summed E-state index contributed by atoms with van der Waals surface area (Å²) in [5.41, 5.74) is 4.32. The first-order valence-corrected chi connectivity index (χ1v) is 7.74. The lowest BCUT2D eigenvalue weighted by Gasteiger charge is -2.22. The molecule has 23 heavy (non-hydrogen) atoms. The van der Waals surface area contributed by atoms with E-state index in [2.05, 4.69) is 22.8 Å². The molecule has 0 spiro atoms. The monoisotopic (exact) mass is 339 g/mol. The lowest BCUT2D eigenvalue weighted by Crippen LogP contribution is -2.36. The van der Waals surface area contributed by atoms with Gasteiger partial charge in [-0.25, -0.2) is 0 Å². The van der Waals surface area contributed by atoms with Crippen LogP contribution in [0.15, 0.2) is 12.1 Å². The van der Waals surface area contributed by atoms with Crippen LogP contribution in [0.3, 0.4) is 0 Å². The fourth-order valence-electron chi connectivity index (χ4n) is 3.15. The number of hydrogen-bond donors (Lipinski definition) is 2. The van der Waals surface area contributed by atoms with Crippen LogP contribution in [0.1, 0.15) is 23.1 Å². The summed E-state index contributed by atoms with van der Waals surface area (Å²) >= 11 is 0. The predicted octanol–water partition coefficient (Wildman–Crippen LogP) is 1.72. The average Bonchev–Trinajstić information content (AvgIpc) is 2.80. The van der Waals surface area contributed by atoms with Crippen molar-refractivity contribution in [2.45, 2.75) is 27.2 Å². The van der Waals surface area contributed by atoms with Crippen molar-refractivity contribution in [1.29, 1.82) is 0 Å². The second-order valence-electron chi connectivity index (χ2n) is 6.05. The molecule has 0 aliphatic carbocycles. The minimum atomic E-state index is -0.260. The van der Waals surface area contributed by atoms with E-state index in [1.807, 2.05) is 27.8 Å². The van der Waals surface area contributed by atoms with E-state index in [9.17, 15) is 9.59 Å². The van der Waals surface area contributed by atoms with Crippen molar-refractivity contribution in [3.8, 4) is 0 Å². The van der Waals surface area contributed by atoms with Gasteiger partial charge in [0.25, 0.3) is 0 Å². The van der Waals surface area contributed by atoms with E-state index in [0.717, 1.165) is 23.4 Å². The molecule has 1 atom stereocenters. The number of nitrogens with zero attached hydrogens (tertiary/aromatic N) is 1. The number of likely N-dealkylation sites (N-methyl/N-ethyl adjacent to an activating group) is 1. The first-order chi connectivity index (χ1) is 10.4. The molecule has 1 saturated heterocycles. The molecule has 128 valence electrons.